The maximum Gasteiger partial charge on any atom is 0.234 e. The summed E-state index contributed by atoms with van der Waals surface area (Å²) in [5.41, 5.74) is 1.59. The Morgan fingerprint density at radius 3 is 2.58 bits per heavy atom. The summed E-state index contributed by atoms with van der Waals surface area (Å²) in [5, 5.41) is 3.29. The van der Waals surface area contributed by atoms with E-state index < -0.39 is 0 Å². The molecule has 2 aromatic rings. The zero-order valence-corrected chi connectivity index (χ0v) is 14.7. The van der Waals surface area contributed by atoms with Crippen molar-refractivity contribution in [2.24, 2.45) is 0 Å². The molecule has 1 atom stereocenters. The predicted molar refractivity (Wildman–Crippen MR) is 95.6 cm³/mol. The van der Waals surface area contributed by atoms with E-state index in [0.29, 0.717) is 17.1 Å². The molecule has 0 aliphatic rings. The first-order valence-electron chi connectivity index (χ1n) is 7.90. The number of benzene rings is 2. The molecule has 0 bridgehead atoms. The van der Waals surface area contributed by atoms with Crippen LogP contribution in [0.3, 0.4) is 0 Å². The monoisotopic (exact) mass is 348 g/mol. The fourth-order valence-electron chi connectivity index (χ4n) is 2.48. The molecule has 5 heteroatoms. The summed E-state index contributed by atoms with van der Waals surface area (Å²) in [5.74, 6) is -0.207. The highest BCUT2D eigenvalue weighted by molar-refractivity contribution is 6.31. The summed E-state index contributed by atoms with van der Waals surface area (Å²) >= 11 is 6.01. The average molecular weight is 349 g/mol. The van der Waals surface area contributed by atoms with E-state index >= 15 is 0 Å². The summed E-state index contributed by atoms with van der Waals surface area (Å²) in [4.78, 5) is 13.8. The Kier molecular flexibility index (Phi) is 6.76. The van der Waals surface area contributed by atoms with Gasteiger partial charge in [0.2, 0.25) is 5.91 Å². The molecule has 0 heterocycles. The molecule has 0 aromatic heterocycles. The summed E-state index contributed by atoms with van der Waals surface area (Å²) < 4.78 is 13.8. The van der Waals surface area contributed by atoms with Gasteiger partial charge in [0, 0.05) is 23.7 Å². The molecular formula is C19H22ClFN2O. The molecule has 2 aromatic carbocycles. The van der Waals surface area contributed by atoms with Gasteiger partial charge in [-0.25, -0.2) is 4.39 Å². The Labute approximate surface area is 147 Å². The van der Waals surface area contributed by atoms with Crippen molar-refractivity contribution >= 4 is 17.5 Å². The van der Waals surface area contributed by atoms with E-state index in [1.54, 1.807) is 24.1 Å². The highest BCUT2D eigenvalue weighted by Crippen LogP contribution is 2.20. The van der Waals surface area contributed by atoms with Crippen LogP contribution in [0.15, 0.2) is 48.5 Å². The van der Waals surface area contributed by atoms with Gasteiger partial charge >= 0.3 is 0 Å². The van der Waals surface area contributed by atoms with Crippen LogP contribution in [-0.4, -0.2) is 30.9 Å². The molecule has 128 valence electrons. The van der Waals surface area contributed by atoms with Crippen LogP contribution in [0.25, 0.3) is 0 Å². The van der Waals surface area contributed by atoms with Crippen LogP contribution in [0, 0.1) is 5.82 Å². The Bertz CT molecular complexity index is 658. The van der Waals surface area contributed by atoms with Crippen LogP contribution in [0.1, 0.15) is 24.0 Å². The zero-order valence-electron chi connectivity index (χ0n) is 13.9. The topological polar surface area (TPSA) is 32.3 Å². The third-order valence-corrected chi connectivity index (χ3v) is 4.23. The number of likely N-dealkylation sites (N-methyl/N-ethyl adjacent to an activating group) is 1. The van der Waals surface area contributed by atoms with Crippen molar-refractivity contribution in [2.45, 2.75) is 19.4 Å². The average Bonchev–Trinajstić information content (AvgIpc) is 2.57. The lowest BCUT2D eigenvalue weighted by molar-refractivity contribution is -0.122. The smallest absolute Gasteiger partial charge is 0.234 e. The molecule has 0 saturated heterocycles. The van der Waals surface area contributed by atoms with Gasteiger partial charge in [-0.1, -0.05) is 54.9 Å². The lowest BCUT2D eigenvalue weighted by Crippen LogP contribution is -2.36. The molecule has 1 N–H and O–H groups in total. The summed E-state index contributed by atoms with van der Waals surface area (Å²) in [6.07, 6.45) is 0. The van der Waals surface area contributed by atoms with Gasteiger partial charge in [-0.2, -0.15) is 0 Å². The first-order chi connectivity index (χ1) is 11.5. The normalized spacial score (nSPS) is 12.2. The molecule has 0 aliphatic heterocycles. The van der Waals surface area contributed by atoms with Gasteiger partial charge in [0.15, 0.2) is 0 Å². The quantitative estimate of drug-likeness (QED) is 0.824. The molecule has 0 saturated carbocycles. The maximum absolute atomic E-state index is 13.8. The van der Waals surface area contributed by atoms with Gasteiger partial charge in [0.05, 0.1) is 6.54 Å². The van der Waals surface area contributed by atoms with Crippen molar-refractivity contribution in [1.82, 2.24) is 10.2 Å². The second kappa shape index (κ2) is 8.81. The Morgan fingerprint density at radius 1 is 1.21 bits per heavy atom. The number of hydrogen-bond acceptors (Lipinski definition) is 2. The highest BCUT2D eigenvalue weighted by atomic mass is 35.5. The van der Waals surface area contributed by atoms with Crippen LogP contribution in [0.2, 0.25) is 5.02 Å². The molecule has 0 radical (unpaired) electrons. The van der Waals surface area contributed by atoms with E-state index in [4.69, 9.17) is 11.6 Å². The van der Waals surface area contributed by atoms with E-state index in [0.717, 1.165) is 0 Å². The summed E-state index contributed by atoms with van der Waals surface area (Å²) in [6.45, 7) is 3.11. The maximum atomic E-state index is 13.8. The number of rotatable bonds is 7. The molecule has 0 spiro atoms. The van der Waals surface area contributed by atoms with Crippen molar-refractivity contribution in [3.05, 3.63) is 70.5 Å². The molecule has 0 fully saturated rings. The summed E-state index contributed by atoms with van der Waals surface area (Å²) in [6, 6.07) is 14.6. The second-order valence-electron chi connectivity index (χ2n) is 5.99. The standard InChI is InChI=1S/C19H22ClFN2O/c1-14(15-7-4-3-5-8-15)11-22-19(24)13-23(2)12-16-17(20)9-6-10-18(16)21/h3-10,14H,11-13H2,1-2H3,(H,22,24)/t14-/m0/s1. The van der Waals surface area contributed by atoms with Gasteiger partial charge in [-0.3, -0.25) is 9.69 Å². The number of nitrogens with zero attached hydrogens (tertiary/aromatic N) is 1. The minimum atomic E-state index is -0.354. The van der Waals surface area contributed by atoms with Crippen molar-refractivity contribution in [3.63, 3.8) is 0 Å². The fraction of sp³-hybridized carbons (Fsp3) is 0.316. The minimum Gasteiger partial charge on any atom is -0.354 e. The van der Waals surface area contributed by atoms with E-state index in [2.05, 4.69) is 12.2 Å². The SMILES string of the molecule is C[C@@H](CNC(=O)CN(C)Cc1c(F)cccc1Cl)c1ccccc1. The third kappa shape index (κ3) is 5.32. The minimum absolute atomic E-state index is 0.0901. The van der Waals surface area contributed by atoms with Crippen molar-refractivity contribution in [3.8, 4) is 0 Å². The molecule has 24 heavy (non-hydrogen) atoms. The molecule has 3 nitrogen and oxygen atoms in total. The van der Waals surface area contributed by atoms with Gasteiger partial charge < -0.3 is 5.32 Å². The van der Waals surface area contributed by atoms with E-state index in [-0.39, 0.29) is 30.7 Å². The van der Waals surface area contributed by atoms with Crippen LogP contribution in [0.5, 0.6) is 0 Å². The first-order valence-corrected chi connectivity index (χ1v) is 8.28. The van der Waals surface area contributed by atoms with Gasteiger partial charge in [0.25, 0.3) is 0 Å². The van der Waals surface area contributed by atoms with Crippen LogP contribution < -0.4 is 5.32 Å². The van der Waals surface area contributed by atoms with E-state index in [9.17, 15) is 9.18 Å². The lowest BCUT2D eigenvalue weighted by Gasteiger charge is -2.19. The second-order valence-corrected chi connectivity index (χ2v) is 6.40. The van der Waals surface area contributed by atoms with Gasteiger partial charge in [-0.15, -0.1) is 0 Å². The van der Waals surface area contributed by atoms with Crippen molar-refractivity contribution in [1.29, 1.82) is 0 Å². The Hall–Kier alpha value is -1.91. The summed E-state index contributed by atoms with van der Waals surface area (Å²) in [7, 11) is 1.77. The highest BCUT2D eigenvalue weighted by Gasteiger charge is 2.13. The number of nitrogens with one attached hydrogen (secondary N) is 1. The van der Waals surface area contributed by atoms with E-state index in [1.807, 2.05) is 30.3 Å². The molecule has 2 rings (SSSR count). The van der Waals surface area contributed by atoms with E-state index in [1.165, 1.54) is 11.6 Å². The van der Waals surface area contributed by atoms with Crippen LogP contribution in [-0.2, 0) is 11.3 Å². The predicted octanol–water partition coefficient (Wildman–Crippen LogP) is 3.83. The Balaban J connectivity index is 1.82. The number of carbonyl (C=O) groups excluding carboxylic acids is 1. The number of hydrogen-bond donors (Lipinski definition) is 1. The lowest BCUT2D eigenvalue weighted by atomic mass is 10.0. The van der Waals surface area contributed by atoms with Crippen LogP contribution in [0.4, 0.5) is 4.39 Å². The van der Waals surface area contributed by atoms with Crippen LogP contribution >= 0.6 is 11.6 Å². The first kappa shape index (κ1) is 18.4. The van der Waals surface area contributed by atoms with Gasteiger partial charge in [-0.05, 0) is 30.7 Å². The molecule has 0 aliphatic carbocycles. The third-order valence-electron chi connectivity index (χ3n) is 3.88. The number of carbonyl (C=O) groups is 1. The largest absolute Gasteiger partial charge is 0.354 e. The number of amides is 1. The molecule has 1 amide bonds. The molecule has 0 unspecified atom stereocenters. The van der Waals surface area contributed by atoms with Crippen molar-refractivity contribution in [2.75, 3.05) is 20.1 Å². The Morgan fingerprint density at radius 2 is 1.92 bits per heavy atom. The van der Waals surface area contributed by atoms with Crippen molar-refractivity contribution < 1.29 is 9.18 Å². The fourth-order valence-corrected chi connectivity index (χ4v) is 2.70. The number of halogens is 2. The van der Waals surface area contributed by atoms with Gasteiger partial charge in [0.1, 0.15) is 5.82 Å². The molecular weight excluding hydrogens is 327 g/mol. The zero-order chi connectivity index (χ0) is 17.5.